The van der Waals surface area contributed by atoms with Gasteiger partial charge in [0.05, 0.1) is 20.6 Å². The first-order chi connectivity index (χ1) is 14.4. The number of rotatable bonds is 9. The van der Waals surface area contributed by atoms with Crippen molar-refractivity contribution in [2.24, 2.45) is 0 Å². The predicted molar refractivity (Wildman–Crippen MR) is 111 cm³/mol. The highest BCUT2D eigenvalue weighted by Crippen LogP contribution is 2.28. The number of ketones is 2. The van der Waals surface area contributed by atoms with E-state index < -0.39 is 12.1 Å². The summed E-state index contributed by atoms with van der Waals surface area (Å²) in [5.74, 6) is -0.193. The normalized spacial score (nSPS) is 11.7. The van der Waals surface area contributed by atoms with Crippen LogP contribution in [-0.2, 0) is 9.53 Å². The average molecular weight is 409 g/mol. The zero-order valence-electron chi connectivity index (χ0n) is 17.1. The van der Waals surface area contributed by atoms with Crippen LogP contribution in [0.3, 0.4) is 0 Å². The molecule has 3 rings (SSSR count). The van der Waals surface area contributed by atoms with Crippen molar-refractivity contribution in [3.8, 4) is 11.5 Å². The van der Waals surface area contributed by atoms with E-state index in [1.54, 1.807) is 24.4 Å². The molecule has 30 heavy (non-hydrogen) atoms. The molecule has 7 nitrogen and oxygen atoms in total. The first-order valence-corrected chi connectivity index (χ1v) is 9.49. The Labute approximate surface area is 173 Å². The van der Waals surface area contributed by atoms with E-state index >= 15 is 0 Å². The van der Waals surface area contributed by atoms with E-state index in [0.717, 1.165) is 10.9 Å². The summed E-state index contributed by atoms with van der Waals surface area (Å²) in [6.07, 6.45) is 0.492. The molecule has 0 aliphatic carbocycles. The van der Waals surface area contributed by atoms with Crippen LogP contribution in [0.1, 0.15) is 40.5 Å². The van der Waals surface area contributed by atoms with Gasteiger partial charge in [-0.2, -0.15) is 0 Å². The largest absolute Gasteiger partial charge is 0.493 e. The number of nitrogens with one attached hydrogen (secondary N) is 1. The minimum atomic E-state index is -0.951. The highest BCUT2D eigenvalue weighted by Gasteiger charge is 2.22. The van der Waals surface area contributed by atoms with Gasteiger partial charge in [-0.3, -0.25) is 14.4 Å². The van der Waals surface area contributed by atoms with Crippen LogP contribution in [0.25, 0.3) is 10.9 Å². The molecule has 0 aliphatic heterocycles. The van der Waals surface area contributed by atoms with Crippen LogP contribution in [0.4, 0.5) is 0 Å². The molecule has 1 N–H and O–H groups in total. The van der Waals surface area contributed by atoms with E-state index in [1.807, 2.05) is 24.3 Å². The highest BCUT2D eigenvalue weighted by molar-refractivity contribution is 6.10. The van der Waals surface area contributed by atoms with Crippen molar-refractivity contribution < 1.29 is 28.6 Å². The number of esters is 1. The van der Waals surface area contributed by atoms with Crippen molar-refractivity contribution in [3.05, 3.63) is 59.8 Å². The standard InChI is InChI=1S/C23H23NO6/c1-14(23(27)17-13-24-18-7-5-4-6-16(17)18)30-22(26)11-9-19(25)15-8-10-20(28-2)21(12-15)29-3/h4-8,10,12-14,24H,9,11H2,1-3H3/t14-/m1/s1. The van der Waals surface area contributed by atoms with Crippen LogP contribution in [0.15, 0.2) is 48.7 Å². The van der Waals surface area contributed by atoms with Gasteiger partial charge in [-0.05, 0) is 31.2 Å². The molecular formula is C23H23NO6. The van der Waals surface area contributed by atoms with Crippen molar-refractivity contribution in [1.82, 2.24) is 4.98 Å². The molecule has 0 fully saturated rings. The van der Waals surface area contributed by atoms with Gasteiger partial charge in [0.15, 0.2) is 23.4 Å². The molecule has 0 amide bonds. The number of hydrogen-bond donors (Lipinski definition) is 1. The van der Waals surface area contributed by atoms with E-state index in [-0.39, 0.29) is 24.4 Å². The summed E-state index contributed by atoms with van der Waals surface area (Å²) in [6, 6.07) is 12.2. The molecule has 7 heteroatoms. The van der Waals surface area contributed by atoms with Crippen molar-refractivity contribution in [2.45, 2.75) is 25.9 Å². The summed E-state index contributed by atoms with van der Waals surface area (Å²) in [5, 5.41) is 0.772. The molecule has 0 aliphatic rings. The monoisotopic (exact) mass is 409 g/mol. The Bertz CT molecular complexity index is 1080. The van der Waals surface area contributed by atoms with Crippen molar-refractivity contribution in [1.29, 1.82) is 0 Å². The summed E-state index contributed by atoms with van der Waals surface area (Å²) >= 11 is 0. The molecule has 1 atom stereocenters. The van der Waals surface area contributed by atoms with Gasteiger partial charge in [-0.15, -0.1) is 0 Å². The van der Waals surface area contributed by atoms with Gasteiger partial charge in [-0.25, -0.2) is 0 Å². The van der Waals surface area contributed by atoms with E-state index in [2.05, 4.69) is 4.98 Å². The molecule has 3 aromatic rings. The zero-order chi connectivity index (χ0) is 21.7. The Hall–Kier alpha value is -3.61. The summed E-state index contributed by atoms with van der Waals surface area (Å²) < 4.78 is 15.6. The first-order valence-electron chi connectivity index (χ1n) is 9.49. The molecule has 0 radical (unpaired) electrons. The molecule has 0 saturated carbocycles. The summed E-state index contributed by atoms with van der Waals surface area (Å²) in [4.78, 5) is 40.2. The fraction of sp³-hybridized carbons (Fsp3) is 0.261. The Kier molecular flexibility index (Phi) is 6.51. The van der Waals surface area contributed by atoms with E-state index in [0.29, 0.717) is 22.6 Å². The maximum absolute atomic E-state index is 12.7. The SMILES string of the molecule is COc1ccc(C(=O)CCC(=O)O[C@H](C)C(=O)c2c[nH]c3ccccc23)cc1OC. The maximum Gasteiger partial charge on any atom is 0.306 e. The minimum Gasteiger partial charge on any atom is -0.493 e. The fourth-order valence-corrected chi connectivity index (χ4v) is 3.17. The Balaban J connectivity index is 1.57. The summed E-state index contributed by atoms with van der Waals surface area (Å²) in [7, 11) is 2.99. The second-order valence-electron chi connectivity index (χ2n) is 6.74. The Morgan fingerprint density at radius 1 is 0.967 bits per heavy atom. The van der Waals surface area contributed by atoms with Crippen LogP contribution >= 0.6 is 0 Å². The molecule has 156 valence electrons. The van der Waals surface area contributed by atoms with Gasteiger partial charge in [-0.1, -0.05) is 18.2 Å². The molecular weight excluding hydrogens is 386 g/mol. The summed E-state index contributed by atoms with van der Waals surface area (Å²) in [5.41, 5.74) is 1.70. The molecule has 0 saturated heterocycles. The number of aromatic amines is 1. The number of ether oxygens (including phenoxy) is 3. The number of carbonyl (C=O) groups excluding carboxylic acids is 3. The quantitative estimate of drug-likeness (QED) is 0.425. The lowest BCUT2D eigenvalue weighted by Crippen LogP contribution is -2.24. The van der Waals surface area contributed by atoms with Crippen LogP contribution in [0, 0.1) is 0 Å². The van der Waals surface area contributed by atoms with E-state index in [1.165, 1.54) is 21.1 Å². The van der Waals surface area contributed by atoms with Crippen LogP contribution < -0.4 is 9.47 Å². The lowest BCUT2D eigenvalue weighted by atomic mass is 10.1. The van der Waals surface area contributed by atoms with Gasteiger partial charge < -0.3 is 19.2 Å². The number of aromatic nitrogens is 1. The van der Waals surface area contributed by atoms with Gasteiger partial charge in [0.1, 0.15) is 0 Å². The third-order valence-corrected chi connectivity index (χ3v) is 4.79. The molecule has 0 spiro atoms. The Morgan fingerprint density at radius 3 is 2.43 bits per heavy atom. The number of fused-ring (bicyclic) bond motifs is 1. The molecule has 0 bridgehead atoms. The van der Waals surface area contributed by atoms with Crippen LogP contribution in [0.2, 0.25) is 0 Å². The smallest absolute Gasteiger partial charge is 0.306 e. The van der Waals surface area contributed by atoms with Crippen LogP contribution in [-0.4, -0.2) is 42.8 Å². The van der Waals surface area contributed by atoms with Crippen LogP contribution in [0.5, 0.6) is 11.5 Å². The molecule has 0 unspecified atom stereocenters. The topological polar surface area (TPSA) is 94.7 Å². The van der Waals surface area contributed by atoms with Gasteiger partial charge in [0.25, 0.3) is 0 Å². The lowest BCUT2D eigenvalue weighted by Gasteiger charge is -2.12. The van der Waals surface area contributed by atoms with Crippen molar-refractivity contribution in [3.63, 3.8) is 0 Å². The number of methoxy groups -OCH3 is 2. The number of hydrogen-bond acceptors (Lipinski definition) is 6. The maximum atomic E-state index is 12.7. The van der Waals surface area contributed by atoms with E-state index in [9.17, 15) is 14.4 Å². The van der Waals surface area contributed by atoms with E-state index in [4.69, 9.17) is 14.2 Å². The Morgan fingerprint density at radius 2 is 1.70 bits per heavy atom. The lowest BCUT2D eigenvalue weighted by molar-refractivity contribution is -0.146. The second-order valence-corrected chi connectivity index (χ2v) is 6.74. The second kappa shape index (κ2) is 9.26. The van der Waals surface area contributed by atoms with Gasteiger partial charge >= 0.3 is 5.97 Å². The predicted octanol–water partition coefficient (Wildman–Crippen LogP) is 3.96. The first kappa shape index (κ1) is 21.1. The number of H-pyrrole nitrogens is 1. The molecule has 1 aromatic heterocycles. The molecule has 1 heterocycles. The molecule has 2 aromatic carbocycles. The zero-order valence-corrected chi connectivity index (χ0v) is 17.1. The number of para-hydroxylation sites is 1. The van der Waals surface area contributed by atoms with Crippen molar-refractivity contribution >= 4 is 28.4 Å². The average Bonchev–Trinajstić information content (AvgIpc) is 3.20. The third-order valence-electron chi connectivity index (χ3n) is 4.79. The minimum absolute atomic E-state index is 0.0394. The third kappa shape index (κ3) is 4.51. The number of Topliss-reactive ketones (excluding diaryl/α,β-unsaturated/α-hetero) is 2. The van der Waals surface area contributed by atoms with Crippen molar-refractivity contribution in [2.75, 3.05) is 14.2 Å². The number of benzene rings is 2. The van der Waals surface area contributed by atoms with Gasteiger partial charge in [0.2, 0.25) is 5.78 Å². The highest BCUT2D eigenvalue weighted by atomic mass is 16.5. The number of carbonyl (C=O) groups is 3. The fourth-order valence-electron chi connectivity index (χ4n) is 3.17. The summed E-state index contributed by atoms with van der Waals surface area (Å²) in [6.45, 7) is 1.53. The van der Waals surface area contributed by atoms with Gasteiger partial charge in [0, 0.05) is 34.6 Å².